The van der Waals surface area contributed by atoms with E-state index in [4.69, 9.17) is 14.2 Å². The van der Waals surface area contributed by atoms with Gasteiger partial charge < -0.3 is 18.8 Å². The summed E-state index contributed by atoms with van der Waals surface area (Å²) >= 11 is -1.33. The Hall–Kier alpha value is -1.13. The number of ether oxygens (including phenoxy) is 3. The molecule has 2 aliphatic rings. The summed E-state index contributed by atoms with van der Waals surface area (Å²) in [6.07, 6.45) is 4.74. The second kappa shape index (κ2) is 9.62. The predicted octanol–water partition coefficient (Wildman–Crippen LogP) is 3.24. The Labute approximate surface area is 213 Å². The minimum absolute atomic E-state index is 0. The number of para-hydroxylation sites is 2. The predicted molar refractivity (Wildman–Crippen MR) is 124 cm³/mol. The summed E-state index contributed by atoms with van der Waals surface area (Å²) in [5.41, 5.74) is 3.59. The average Bonchev–Trinajstić information content (AvgIpc) is 3.39. The van der Waals surface area contributed by atoms with Gasteiger partial charge in [0.25, 0.3) is 0 Å². The van der Waals surface area contributed by atoms with Gasteiger partial charge in [-0.15, -0.1) is 0 Å². The van der Waals surface area contributed by atoms with E-state index in [1.54, 1.807) is 6.20 Å². The van der Waals surface area contributed by atoms with E-state index in [1.807, 2.05) is 44.2 Å². The van der Waals surface area contributed by atoms with Gasteiger partial charge in [0.05, 0.1) is 36.5 Å². The van der Waals surface area contributed by atoms with Gasteiger partial charge in [0.1, 0.15) is 5.75 Å². The van der Waals surface area contributed by atoms with Gasteiger partial charge in [-0.2, -0.15) is 4.98 Å². The first kappa shape index (κ1) is 24.0. The second-order valence-electron chi connectivity index (χ2n) is 8.74. The van der Waals surface area contributed by atoms with Crippen molar-refractivity contribution in [1.29, 1.82) is 0 Å². The molecule has 1 N–H and O–H groups in total. The van der Waals surface area contributed by atoms with E-state index in [9.17, 15) is 4.55 Å². The summed E-state index contributed by atoms with van der Waals surface area (Å²) in [6.45, 7) is 5.94. The zero-order chi connectivity index (χ0) is 21.5. The van der Waals surface area contributed by atoms with Crippen LogP contribution >= 0.6 is 0 Å². The third-order valence-electron chi connectivity index (χ3n) is 6.25. The van der Waals surface area contributed by atoms with Gasteiger partial charge in [0, 0.05) is 34.8 Å². The molecule has 3 heterocycles. The van der Waals surface area contributed by atoms with Gasteiger partial charge in [0.2, 0.25) is 0 Å². The number of fused-ring (bicyclic) bond motifs is 1. The van der Waals surface area contributed by atoms with Crippen LogP contribution in [-0.4, -0.2) is 74.7 Å². The summed E-state index contributed by atoms with van der Waals surface area (Å²) in [5, 5.41) is 0.460. The first-order valence-corrected chi connectivity index (χ1v) is 12.0. The normalized spacial score (nSPS) is 19.5. The number of benzene rings is 1. The van der Waals surface area contributed by atoms with Crippen LogP contribution in [0.15, 0.2) is 41.7 Å². The first-order valence-electron chi connectivity index (χ1n) is 10.6. The van der Waals surface area contributed by atoms with E-state index in [2.05, 4.69) is 15.0 Å². The molecule has 1 saturated heterocycles. The van der Waals surface area contributed by atoms with Crippen molar-refractivity contribution in [1.82, 2.24) is 15.0 Å². The average molecular weight is 466 g/mol. The number of pyridine rings is 1. The molecule has 0 amide bonds. The Morgan fingerprint density at radius 1 is 1.19 bits per heavy atom. The Morgan fingerprint density at radius 2 is 1.94 bits per heavy atom. The van der Waals surface area contributed by atoms with Gasteiger partial charge in [-0.25, -0.2) is 0 Å². The molecule has 1 aliphatic heterocycles. The number of aromatic nitrogens is 3. The summed E-state index contributed by atoms with van der Waals surface area (Å²) < 4.78 is 30.9. The first-order chi connectivity index (χ1) is 15.0. The SMILES string of the molecule is Cc1c(OCCC2(C)OCC3(CC3)CO2)ccnc1C[S+]([O-])c1nc2ccccc2[nH]1.[NaH]. The van der Waals surface area contributed by atoms with Gasteiger partial charge in [-0.1, -0.05) is 12.1 Å². The van der Waals surface area contributed by atoms with Crippen LogP contribution in [0.25, 0.3) is 11.0 Å². The molecule has 0 radical (unpaired) electrons. The van der Waals surface area contributed by atoms with Crippen molar-refractivity contribution in [2.24, 2.45) is 5.41 Å². The van der Waals surface area contributed by atoms with Crippen molar-refractivity contribution in [3.8, 4) is 5.75 Å². The maximum atomic E-state index is 12.9. The monoisotopic (exact) mass is 465 g/mol. The van der Waals surface area contributed by atoms with Crippen molar-refractivity contribution in [3.05, 3.63) is 47.8 Å². The van der Waals surface area contributed by atoms with Crippen molar-refractivity contribution >= 4 is 51.8 Å². The molecule has 1 unspecified atom stereocenters. The van der Waals surface area contributed by atoms with Gasteiger partial charge >= 0.3 is 34.7 Å². The summed E-state index contributed by atoms with van der Waals surface area (Å²) in [6, 6.07) is 9.50. The number of hydrogen-bond acceptors (Lipinski definition) is 6. The molecule has 2 fully saturated rings. The number of H-pyrrole nitrogens is 1. The molecule has 7 nitrogen and oxygen atoms in total. The number of aromatic amines is 1. The third-order valence-corrected chi connectivity index (χ3v) is 7.41. The van der Waals surface area contributed by atoms with Crippen LogP contribution in [0.3, 0.4) is 0 Å². The molecule has 32 heavy (non-hydrogen) atoms. The number of rotatable bonds is 7. The summed E-state index contributed by atoms with van der Waals surface area (Å²) in [5.74, 6) is 0.416. The molecule has 1 aromatic carbocycles. The molecular weight excluding hydrogens is 437 g/mol. The van der Waals surface area contributed by atoms with Crippen LogP contribution in [0.5, 0.6) is 5.75 Å². The van der Waals surface area contributed by atoms with E-state index < -0.39 is 17.0 Å². The standard InChI is InChI=1S/C23H27N3O4S.Na.H/c1-16-19(13-31(27)21-25-17-5-3-4-6-18(17)26-21)24-11-7-20(16)28-12-10-22(2)29-14-23(8-9-23)15-30-22;;/h3-7,11H,8-10,12-15H2,1-2H3,(H,25,26);;. The Balaban J connectivity index is 0.00000245. The van der Waals surface area contributed by atoms with Crippen molar-refractivity contribution in [3.63, 3.8) is 0 Å². The van der Waals surface area contributed by atoms with Crippen LogP contribution < -0.4 is 4.74 Å². The van der Waals surface area contributed by atoms with Gasteiger partial charge in [-0.3, -0.25) is 9.97 Å². The van der Waals surface area contributed by atoms with E-state index in [0.717, 1.165) is 41.3 Å². The van der Waals surface area contributed by atoms with Crippen LogP contribution in [-0.2, 0) is 26.4 Å². The molecule has 2 aromatic heterocycles. The maximum absolute atomic E-state index is 12.9. The van der Waals surface area contributed by atoms with E-state index >= 15 is 0 Å². The fourth-order valence-electron chi connectivity index (χ4n) is 3.74. The van der Waals surface area contributed by atoms with E-state index in [0.29, 0.717) is 18.2 Å². The fourth-order valence-corrected chi connectivity index (χ4v) is 4.84. The van der Waals surface area contributed by atoms with E-state index in [1.165, 1.54) is 12.8 Å². The van der Waals surface area contributed by atoms with Crippen molar-refractivity contribution in [2.75, 3.05) is 19.8 Å². The zero-order valence-corrected chi connectivity index (χ0v) is 18.7. The third kappa shape index (κ3) is 5.17. The second-order valence-corrected chi connectivity index (χ2v) is 10.1. The van der Waals surface area contributed by atoms with Gasteiger partial charge in [-0.05, 0) is 44.9 Å². The number of nitrogens with zero attached hydrogens (tertiary/aromatic N) is 2. The quantitative estimate of drug-likeness (QED) is 0.425. The molecule has 166 valence electrons. The molecule has 1 saturated carbocycles. The van der Waals surface area contributed by atoms with Gasteiger partial charge in [0.15, 0.2) is 11.5 Å². The van der Waals surface area contributed by atoms with Crippen LogP contribution in [0.1, 0.15) is 37.4 Å². The van der Waals surface area contributed by atoms with E-state index in [-0.39, 0.29) is 40.7 Å². The molecule has 0 bridgehead atoms. The zero-order valence-electron chi connectivity index (χ0n) is 17.8. The number of hydrogen-bond donors (Lipinski definition) is 1. The summed E-state index contributed by atoms with van der Waals surface area (Å²) in [7, 11) is 0. The Kier molecular flexibility index (Phi) is 7.22. The van der Waals surface area contributed by atoms with Crippen molar-refractivity contribution in [2.45, 2.75) is 49.8 Å². The summed E-state index contributed by atoms with van der Waals surface area (Å²) in [4.78, 5) is 12.0. The Bertz CT molecular complexity index is 1050. The Morgan fingerprint density at radius 3 is 2.66 bits per heavy atom. The van der Waals surface area contributed by atoms with Crippen molar-refractivity contribution < 1.29 is 18.8 Å². The fraction of sp³-hybridized carbons (Fsp3) is 0.478. The molecule has 5 rings (SSSR count). The van der Waals surface area contributed by atoms with Crippen LogP contribution in [0.4, 0.5) is 0 Å². The topological polar surface area (TPSA) is 92.3 Å². The van der Waals surface area contributed by atoms with Crippen LogP contribution in [0.2, 0.25) is 0 Å². The molecule has 1 atom stereocenters. The minimum atomic E-state index is -1.33. The molecule has 1 aliphatic carbocycles. The number of imidazole rings is 1. The van der Waals surface area contributed by atoms with Crippen LogP contribution in [0, 0.1) is 12.3 Å². The molecular formula is C23H28N3NaO4S. The molecule has 1 spiro atoms. The number of nitrogens with one attached hydrogen (secondary N) is 1. The molecule has 3 aromatic rings. The molecule has 9 heteroatoms.